The maximum atomic E-state index is 15.3. The largest absolute Gasteiger partial charge is 0.382 e. The number of hydrogen-bond acceptors (Lipinski definition) is 3. The number of nitrogens with one attached hydrogen (secondary N) is 1. The van der Waals surface area contributed by atoms with Crippen LogP contribution in [0.3, 0.4) is 0 Å². The van der Waals surface area contributed by atoms with E-state index in [9.17, 15) is 8.42 Å². The maximum absolute atomic E-state index is 15.3. The molecular formula is C20H18FNO3S. The maximum Gasteiger partial charge on any atom is 0.382 e. The summed E-state index contributed by atoms with van der Waals surface area (Å²) >= 11 is 0. The average Bonchev–Trinajstić information content (AvgIpc) is 2.63. The van der Waals surface area contributed by atoms with Crippen LogP contribution in [0.2, 0.25) is 0 Å². The molecule has 4 rings (SSSR count). The molecule has 134 valence electrons. The summed E-state index contributed by atoms with van der Waals surface area (Å²) in [6.45, 7) is 1.88. The van der Waals surface area contributed by atoms with E-state index in [0.29, 0.717) is 11.1 Å². The Morgan fingerprint density at radius 1 is 1.15 bits per heavy atom. The minimum Gasteiger partial charge on any atom is -0.370 e. The van der Waals surface area contributed by atoms with Crippen molar-refractivity contribution in [1.29, 1.82) is 0 Å². The van der Waals surface area contributed by atoms with Crippen molar-refractivity contribution in [2.75, 3.05) is 0 Å². The lowest BCUT2D eigenvalue weighted by Gasteiger charge is -2.34. The zero-order chi connectivity index (χ0) is 18.4. The molecule has 0 saturated carbocycles. The first kappa shape index (κ1) is 17.0. The van der Waals surface area contributed by atoms with Crippen LogP contribution in [-0.2, 0) is 22.3 Å². The first-order valence-electron chi connectivity index (χ1n) is 8.31. The molecule has 4 nitrogen and oxygen atoms in total. The van der Waals surface area contributed by atoms with Gasteiger partial charge < -0.3 is 4.18 Å². The molecule has 0 aromatic heterocycles. The van der Waals surface area contributed by atoms with Crippen LogP contribution in [0.25, 0.3) is 5.57 Å². The highest BCUT2D eigenvalue weighted by molar-refractivity contribution is 7.85. The molecule has 0 spiro atoms. The molecule has 1 aliphatic carbocycles. The van der Waals surface area contributed by atoms with Crippen molar-refractivity contribution in [3.63, 3.8) is 0 Å². The summed E-state index contributed by atoms with van der Waals surface area (Å²) in [5.41, 5.74) is 1.93. The topological polar surface area (TPSA) is 55.4 Å². The molecule has 1 heterocycles. The Morgan fingerprint density at radius 3 is 2.65 bits per heavy atom. The van der Waals surface area contributed by atoms with Gasteiger partial charge in [0, 0.05) is 23.1 Å². The van der Waals surface area contributed by atoms with Crippen molar-refractivity contribution in [3.05, 3.63) is 83.4 Å². The molecule has 2 aromatic rings. The summed E-state index contributed by atoms with van der Waals surface area (Å²) in [4.78, 5) is 0. The number of para-hydroxylation sites is 1. The molecule has 0 fully saturated rings. The van der Waals surface area contributed by atoms with Gasteiger partial charge in [0.2, 0.25) is 0 Å². The van der Waals surface area contributed by atoms with E-state index in [1.165, 1.54) is 0 Å². The first-order valence-corrected chi connectivity index (χ1v) is 9.72. The summed E-state index contributed by atoms with van der Waals surface area (Å²) in [7, 11) is -3.87. The van der Waals surface area contributed by atoms with Crippen molar-refractivity contribution >= 4 is 15.9 Å². The Hall–Kier alpha value is -2.44. The standard InChI is InChI=1S/C20H18FNO3S/c1-20(11-10-15(12-18(20)21)14-6-3-2-4-7-14)17-9-5-8-16-13-22-26(23,24)25-19(16)17/h2-12,18,22H,13H2,1H3. The number of allylic oxidation sites excluding steroid dienone is 4. The molecule has 2 atom stereocenters. The van der Waals surface area contributed by atoms with Crippen molar-refractivity contribution < 1.29 is 17.0 Å². The monoisotopic (exact) mass is 371 g/mol. The SMILES string of the molecule is CC1(c2cccc3c2OS(=O)(=O)NC3)C=CC(c2ccccc2)=CC1F. The fourth-order valence-corrected chi connectivity index (χ4v) is 4.16. The van der Waals surface area contributed by atoms with Gasteiger partial charge in [0.05, 0.1) is 0 Å². The molecule has 0 radical (unpaired) electrons. The molecule has 0 amide bonds. The average molecular weight is 371 g/mol. The summed E-state index contributed by atoms with van der Waals surface area (Å²) in [6.07, 6.45) is 3.91. The van der Waals surface area contributed by atoms with Gasteiger partial charge in [-0.3, -0.25) is 0 Å². The van der Waals surface area contributed by atoms with Crippen LogP contribution in [0.15, 0.2) is 66.8 Å². The molecule has 2 aliphatic rings. The van der Waals surface area contributed by atoms with Gasteiger partial charge >= 0.3 is 10.3 Å². The van der Waals surface area contributed by atoms with Crippen molar-refractivity contribution in [3.8, 4) is 5.75 Å². The van der Waals surface area contributed by atoms with Gasteiger partial charge in [-0.15, -0.1) is 0 Å². The molecule has 6 heteroatoms. The second-order valence-corrected chi connectivity index (χ2v) is 8.02. The Balaban J connectivity index is 1.76. The number of fused-ring (bicyclic) bond motifs is 1. The molecule has 1 N–H and O–H groups in total. The highest BCUT2D eigenvalue weighted by Gasteiger charge is 2.40. The summed E-state index contributed by atoms with van der Waals surface area (Å²) in [5.74, 6) is 0.220. The van der Waals surface area contributed by atoms with E-state index >= 15 is 4.39 Å². The molecule has 26 heavy (non-hydrogen) atoms. The Labute approximate surface area is 152 Å². The number of rotatable bonds is 2. The molecule has 0 bridgehead atoms. The van der Waals surface area contributed by atoms with E-state index in [4.69, 9.17) is 4.18 Å². The lowest BCUT2D eigenvalue weighted by Crippen LogP contribution is -2.37. The van der Waals surface area contributed by atoms with E-state index in [2.05, 4.69) is 4.72 Å². The minimum absolute atomic E-state index is 0.132. The normalized spacial score (nSPS) is 26.5. The van der Waals surface area contributed by atoms with Gasteiger partial charge in [0.25, 0.3) is 0 Å². The number of alkyl halides is 1. The molecule has 0 saturated heterocycles. The highest BCUT2D eigenvalue weighted by Crippen LogP contribution is 2.44. The second kappa shape index (κ2) is 6.07. The van der Waals surface area contributed by atoms with E-state index in [0.717, 1.165) is 11.1 Å². The summed E-state index contributed by atoms with van der Waals surface area (Å²) in [6, 6.07) is 14.9. The van der Waals surface area contributed by atoms with E-state index < -0.39 is 21.9 Å². The van der Waals surface area contributed by atoms with Gasteiger partial charge in [-0.2, -0.15) is 13.1 Å². The third-order valence-corrected chi connectivity index (χ3v) is 5.81. The Morgan fingerprint density at radius 2 is 1.92 bits per heavy atom. The predicted molar refractivity (Wildman–Crippen MR) is 98.6 cm³/mol. The molecular weight excluding hydrogens is 353 g/mol. The van der Waals surface area contributed by atoms with Gasteiger partial charge in [-0.05, 0) is 24.1 Å². The molecule has 1 aliphatic heterocycles. The van der Waals surface area contributed by atoms with Crippen LogP contribution in [0, 0.1) is 0 Å². The van der Waals surface area contributed by atoms with Crippen LogP contribution < -0.4 is 8.91 Å². The molecule has 2 aromatic carbocycles. The lowest BCUT2D eigenvalue weighted by atomic mass is 9.73. The van der Waals surface area contributed by atoms with Gasteiger partial charge in [0.1, 0.15) is 6.17 Å². The van der Waals surface area contributed by atoms with Crippen LogP contribution in [0.5, 0.6) is 5.75 Å². The minimum atomic E-state index is -3.87. The second-order valence-electron chi connectivity index (χ2n) is 6.66. The number of benzene rings is 2. The van der Waals surface area contributed by atoms with E-state index in [1.807, 2.05) is 36.4 Å². The Kier molecular flexibility index (Phi) is 3.97. The third kappa shape index (κ3) is 2.85. The van der Waals surface area contributed by atoms with Crippen LogP contribution in [-0.4, -0.2) is 14.6 Å². The summed E-state index contributed by atoms with van der Waals surface area (Å²) in [5, 5.41) is 0. The van der Waals surface area contributed by atoms with Crippen molar-refractivity contribution in [2.45, 2.75) is 25.1 Å². The zero-order valence-electron chi connectivity index (χ0n) is 14.1. The lowest BCUT2D eigenvalue weighted by molar-refractivity contribution is 0.288. The predicted octanol–water partition coefficient (Wildman–Crippen LogP) is 3.66. The fourth-order valence-electron chi connectivity index (χ4n) is 3.35. The van der Waals surface area contributed by atoms with Gasteiger partial charge in [-0.25, -0.2) is 4.39 Å². The van der Waals surface area contributed by atoms with E-state index in [1.54, 1.807) is 37.3 Å². The first-order chi connectivity index (χ1) is 12.4. The number of halogens is 1. The van der Waals surface area contributed by atoms with Crippen LogP contribution >= 0.6 is 0 Å². The highest BCUT2D eigenvalue weighted by atomic mass is 32.2. The summed E-state index contributed by atoms with van der Waals surface area (Å²) < 4.78 is 46.4. The zero-order valence-corrected chi connectivity index (χ0v) is 15.0. The van der Waals surface area contributed by atoms with Crippen molar-refractivity contribution in [2.24, 2.45) is 0 Å². The molecule has 2 unspecified atom stereocenters. The Bertz CT molecular complexity index is 1010. The fraction of sp³-hybridized carbons (Fsp3) is 0.200. The third-order valence-electron chi connectivity index (χ3n) is 4.92. The van der Waals surface area contributed by atoms with Gasteiger partial charge in [-0.1, -0.05) is 60.7 Å². The van der Waals surface area contributed by atoms with Gasteiger partial charge in [0.15, 0.2) is 5.75 Å². The van der Waals surface area contributed by atoms with Crippen LogP contribution in [0.4, 0.5) is 4.39 Å². The smallest absolute Gasteiger partial charge is 0.370 e. The van der Waals surface area contributed by atoms with E-state index in [-0.39, 0.29) is 12.3 Å². The quantitative estimate of drug-likeness (QED) is 0.876. The number of hydrogen-bond donors (Lipinski definition) is 1. The van der Waals surface area contributed by atoms with Crippen LogP contribution in [0.1, 0.15) is 23.6 Å². The van der Waals surface area contributed by atoms with Crippen molar-refractivity contribution in [1.82, 2.24) is 4.72 Å².